The molecule has 0 saturated heterocycles. The molecule has 0 bridgehead atoms. The molecule has 0 radical (unpaired) electrons. The predicted octanol–water partition coefficient (Wildman–Crippen LogP) is 1.62. The van der Waals surface area contributed by atoms with Crippen LogP contribution in [-0.4, -0.2) is 28.8 Å². The number of carbonyl (C=O) groups is 1. The third-order valence-electron chi connectivity index (χ3n) is 2.39. The maximum absolute atomic E-state index is 13.7. The molecule has 1 rings (SSSR count). The molecule has 3 N–H and O–H groups in total. The van der Waals surface area contributed by atoms with E-state index in [1.807, 2.05) is 0 Å². The molecule has 0 aliphatic heterocycles. The van der Waals surface area contributed by atoms with E-state index in [4.69, 9.17) is 5.73 Å². The lowest BCUT2D eigenvalue weighted by molar-refractivity contribution is -0.385. The number of aromatic hydroxyl groups is 1. The fourth-order valence-corrected chi connectivity index (χ4v) is 1.50. The molecule has 0 saturated carbocycles. The van der Waals surface area contributed by atoms with Gasteiger partial charge in [0.1, 0.15) is 5.75 Å². The van der Waals surface area contributed by atoms with Gasteiger partial charge >= 0.3 is 5.97 Å². The molecular weight excluding hydrogens is 295 g/mol. The average Bonchev–Trinajstić information content (AvgIpc) is 2.36. The van der Waals surface area contributed by atoms with Gasteiger partial charge in [0, 0.05) is 6.07 Å². The Balaban J connectivity index is 0.00000361. The van der Waals surface area contributed by atoms with E-state index in [0.29, 0.717) is 0 Å². The van der Waals surface area contributed by atoms with Crippen molar-refractivity contribution in [1.82, 2.24) is 0 Å². The third kappa shape index (κ3) is 4.04. The highest BCUT2D eigenvalue weighted by Gasteiger charge is 2.32. The van der Waals surface area contributed by atoms with Crippen molar-refractivity contribution in [1.29, 1.82) is 0 Å². The first-order chi connectivity index (χ1) is 8.88. The van der Waals surface area contributed by atoms with Crippen LogP contribution in [0.5, 0.6) is 5.75 Å². The van der Waals surface area contributed by atoms with Gasteiger partial charge in [-0.2, -0.15) is 0 Å². The number of nitro groups is 1. The van der Waals surface area contributed by atoms with Crippen molar-refractivity contribution >= 4 is 24.1 Å². The topological polar surface area (TPSA) is 116 Å². The Kier molecular flexibility index (Phi) is 6.87. The molecule has 0 spiro atoms. The zero-order valence-electron chi connectivity index (χ0n) is 10.5. The van der Waals surface area contributed by atoms with Crippen LogP contribution >= 0.6 is 12.4 Å². The average molecular weight is 309 g/mol. The number of hydrogen-bond donors (Lipinski definition) is 2. The van der Waals surface area contributed by atoms with Gasteiger partial charge in [-0.1, -0.05) is 0 Å². The van der Waals surface area contributed by atoms with Crippen LogP contribution in [0.15, 0.2) is 18.2 Å². The minimum absolute atomic E-state index is 0. The van der Waals surface area contributed by atoms with Crippen molar-refractivity contribution in [3.63, 3.8) is 0 Å². The van der Waals surface area contributed by atoms with Crippen molar-refractivity contribution in [3.8, 4) is 5.75 Å². The summed E-state index contributed by atoms with van der Waals surface area (Å²) in [4.78, 5) is 21.2. The lowest BCUT2D eigenvalue weighted by Gasteiger charge is -2.16. The molecule has 1 aromatic rings. The molecule has 2 atom stereocenters. The summed E-state index contributed by atoms with van der Waals surface area (Å²) in [6.07, 6.45) is -2.25. The van der Waals surface area contributed by atoms with Crippen LogP contribution in [0.4, 0.5) is 10.1 Å². The highest BCUT2D eigenvalue weighted by atomic mass is 35.5. The van der Waals surface area contributed by atoms with Crippen molar-refractivity contribution in [2.45, 2.75) is 19.1 Å². The molecule has 20 heavy (non-hydrogen) atoms. The van der Waals surface area contributed by atoms with Gasteiger partial charge in [0.2, 0.25) is 6.17 Å². The molecule has 1 aromatic carbocycles. The number of nitro benzene ring substituents is 1. The number of esters is 1. The van der Waals surface area contributed by atoms with Gasteiger partial charge in [-0.3, -0.25) is 10.1 Å². The lowest BCUT2D eigenvalue weighted by atomic mass is 10.0. The second-order valence-corrected chi connectivity index (χ2v) is 3.68. The van der Waals surface area contributed by atoms with Crippen LogP contribution in [0.3, 0.4) is 0 Å². The molecule has 0 aromatic heterocycles. The minimum Gasteiger partial charge on any atom is -0.508 e. The van der Waals surface area contributed by atoms with Crippen molar-refractivity contribution in [3.05, 3.63) is 33.9 Å². The maximum atomic E-state index is 13.7. The number of alkyl halides is 1. The highest BCUT2D eigenvalue weighted by Crippen LogP contribution is 2.30. The summed E-state index contributed by atoms with van der Waals surface area (Å²) in [5, 5.41) is 20.1. The van der Waals surface area contributed by atoms with Gasteiger partial charge in [0.15, 0.2) is 0 Å². The standard InChI is InChI=1S/C11H13FN2O5.ClH/c1-2-19-11(16)9(12)10(13)7-5-6(15)3-4-8(7)14(17)18;/h3-5,9-10,15H,2,13H2,1H3;1H/t9?,10-;/m0./s1. The summed E-state index contributed by atoms with van der Waals surface area (Å²) in [7, 11) is 0. The summed E-state index contributed by atoms with van der Waals surface area (Å²) in [6, 6.07) is 1.43. The smallest absolute Gasteiger partial charge is 0.342 e. The SMILES string of the molecule is CCOC(=O)C(F)[C@@H](N)c1cc(O)ccc1[N+](=O)[O-].Cl. The summed E-state index contributed by atoms with van der Waals surface area (Å²) in [5.74, 6) is -1.51. The van der Waals surface area contributed by atoms with E-state index in [-0.39, 0.29) is 30.3 Å². The van der Waals surface area contributed by atoms with Gasteiger partial charge < -0.3 is 15.6 Å². The van der Waals surface area contributed by atoms with E-state index < -0.39 is 28.8 Å². The van der Waals surface area contributed by atoms with Gasteiger partial charge in [0.25, 0.3) is 5.69 Å². The van der Waals surface area contributed by atoms with Gasteiger partial charge in [0.05, 0.1) is 23.1 Å². The van der Waals surface area contributed by atoms with E-state index in [1.165, 1.54) is 6.92 Å². The lowest BCUT2D eigenvalue weighted by Crippen LogP contribution is -2.32. The molecular formula is C11H14ClFN2O5. The van der Waals surface area contributed by atoms with Gasteiger partial charge in [-0.05, 0) is 19.1 Å². The van der Waals surface area contributed by atoms with E-state index in [2.05, 4.69) is 4.74 Å². The Morgan fingerprint density at radius 1 is 1.60 bits per heavy atom. The van der Waals surface area contributed by atoms with E-state index >= 15 is 0 Å². The van der Waals surface area contributed by atoms with Crippen LogP contribution in [0.25, 0.3) is 0 Å². The Labute approximate surface area is 120 Å². The zero-order valence-corrected chi connectivity index (χ0v) is 11.3. The summed E-state index contributed by atoms with van der Waals surface area (Å²) < 4.78 is 18.2. The monoisotopic (exact) mass is 308 g/mol. The number of phenolic OH excluding ortho intramolecular Hbond substituents is 1. The van der Waals surface area contributed by atoms with Crippen LogP contribution in [0.2, 0.25) is 0 Å². The number of nitrogens with two attached hydrogens (primary N) is 1. The number of carbonyl (C=O) groups excluding carboxylic acids is 1. The predicted molar refractivity (Wildman–Crippen MR) is 70.5 cm³/mol. The fraction of sp³-hybridized carbons (Fsp3) is 0.364. The van der Waals surface area contributed by atoms with Crippen molar-refractivity contribution < 1.29 is 24.0 Å². The fourth-order valence-electron chi connectivity index (χ4n) is 1.50. The molecule has 9 heteroatoms. The minimum atomic E-state index is -2.25. The Hall–Kier alpha value is -1.93. The Morgan fingerprint density at radius 2 is 2.20 bits per heavy atom. The van der Waals surface area contributed by atoms with E-state index in [0.717, 1.165) is 18.2 Å². The Bertz CT molecular complexity index is 500. The normalized spacial score (nSPS) is 12.9. The first-order valence-corrected chi connectivity index (χ1v) is 5.42. The maximum Gasteiger partial charge on any atom is 0.342 e. The van der Waals surface area contributed by atoms with Crippen LogP contribution in [0.1, 0.15) is 18.5 Å². The van der Waals surface area contributed by atoms with E-state index in [1.54, 1.807) is 0 Å². The van der Waals surface area contributed by atoms with Gasteiger partial charge in [-0.25, -0.2) is 9.18 Å². The highest BCUT2D eigenvalue weighted by molar-refractivity contribution is 5.85. The quantitative estimate of drug-likeness (QED) is 0.485. The molecule has 0 aliphatic carbocycles. The van der Waals surface area contributed by atoms with Crippen LogP contribution < -0.4 is 5.73 Å². The molecule has 1 unspecified atom stereocenters. The summed E-state index contributed by atoms with van der Waals surface area (Å²) >= 11 is 0. The summed E-state index contributed by atoms with van der Waals surface area (Å²) in [6.45, 7) is 1.46. The third-order valence-corrected chi connectivity index (χ3v) is 2.39. The van der Waals surface area contributed by atoms with Gasteiger partial charge in [-0.15, -0.1) is 12.4 Å². The molecule has 7 nitrogen and oxygen atoms in total. The molecule has 0 amide bonds. The molecule has 0 aliphatic rings. The number of ether oxygens (including phenoxy) is 1. The number of halogens is 2. The number of nitrogens with zero attached hydrogens (tertiary/aromatic N) is 1. The number of benzene rings is 1. The molecule has 0 fully saturated rings. The molecule has 0 heterocycles. The number of hydrogen-bond acceptors (Lipinski definition) is 6. The number of rotatable bonds is 5. The van der Waals surface area contributed by atoms with Crippen LogP contribution in [-0.2, 0) is 9.53 Å². The van der Waals surface area contributed by atoms with Crippen molar-refractivity contribution in [2.75, 3.05) is 6.61 Å². The number of phenols is 1. The zero-order chi connectivity index (χ0) is 14.6. The van der Waals surface area contributed by atoms with Crippen molar-refractivity contribution in [2.24, 2.45) is 5.73 Å². The largest absolute Gasteiger partial charge is 0.508 e. The van der Waals surface area contributed by atoms with Crippen LogP contribution in [0, 0.1) is 10.1 Å². The first kappa shape index (κ1) is 18.1. The summed E-state index contributed by atoms with van der Waals surface area (Å²) in [5.41, 5.74) is 4.74. The second kappa shape index (κ2) is 7.61. The Morgan fingerprint density at radius 3 is 2.70 bits per heavy atom. The van der Waals surface area contributed by atoms with E-state index in [9.17, 15) is 24.4 Å². The first-order valence-electron chi connectivity index (χ1n) is 5.42. The molecule has 112 valence electrons. The second-order valence-electron chi connectivity index (χ2n) is 3.68.